The Hall–Kier alpha value is -0.330. The van der Waals surface area contributed by atoms with Gasteiger partial charge in [-0.05, 0) is 38.5 Å². The second-order valence-corrected chi connectivity index (χ2v) is 4.94. The Morgan fingerprint density at radius 1 is 1.00 bits per heavy atom. The van der Waals surface area contributed by atoms with Gasteiger partial charge in [0.1, 0.15) is 0 Å². The summed E-state index contributed by atoms with van der Waals surface area (Å²) in [4.78, 5) is 4.67. The van der Waals surface area contributed by atoms with Crippen LogP contribution in [0.5, 0.6) is 0 Å². The summed E-state index contributed by atoms with van der Waals surface area (Å²) >= 11 is 0. The van der Waals surface area contributed by atoms with E-state index in [1.54, 1.807) is 0 Å². The molecule has 0 rings (SSSR count). The Kier molecular flexibility index (Phi) is 6.02. The normalized spacial score (nSPS) is 15.5. The van der Waals surface area contributed by atoms with Crippen LogP contribution in [0.15, 0.2) is 4.99 Å². The molecule has 0 aliphatic rings. The monoisotopic (exact) mass is 183 g/mol. The SMILES string of the molecule is CC(CC(C)C)=N[C@@H](C)CC(C)C. The fraction of sp³-hybridized carbons (Fsp3) is 0.917. The van der Waals surface area contributed by atoms with Gasteiger partial charge in [0.25, 0.3) is 0 Å². The number of hydrogen-bond donors (Lipinski definition) is 0. The Bertz CT molecular complexity index is 157. The van der Waals surface area contributed by atoms with Crippen LogP contribution in [0.4, 0.5) is 0 Å². The van der Waals surface area contributed by atoms with Gasteiger partial charge in [-0.3, -0.25) is 4.99 Å². The lowest BCUT2D eigenvalue weighted by Crippen LogP contribution is -2.07. The number of aliphatic imine (C=N–C) groups is 1. The highest BCUT2D eigenvalue weighted by atomic mass is 14.8. The highest BCUT2D eigenvalue weighted by Crippen LogP contribution is 2.09. The van der Waals surface area contributed by atoms with E-state index in [1.807, 2.05) is 0 Å². The highest BCUT2D eigenvalue weighted by Gasteiger charge is 2.04. The van der Waals surface area contributed by atoms with Crippen molar-refractivity contribution in [2.24, 2.45) is 16.8 Å². The number of hydrogen-bond acceptors (Lipinski definition) is 1. The second kappa shape index (κ2) is 6.17. The van der Waals surface area contributed by atoms with Gasteiger partial charge in [0.15, 0.2) is 0 Å². The lowest BCUT2D eigenvalue weighted by Gasteiger charge is -2.11. The molecule has 0 aromatic rings. The van der Waals surface area contributed by atoms with Crippen molar-refractivity contribution in [1.29, 1.82) is 0 Å². The molecule has 0 N–H and O–H groups in total. The molecule has 0 unspecified atom stereocenters. The van der Waals surface area contributed by atoms with Gasteiger partial charge in [-0.1, -0.05) is 27.7 Å². The van der Waals surface area contributed by atoms with Crippen LogP contribution in [-0.2, 0) is 0 Å². The molecule has 0 aromatic carbocycles. The lowest BCUT2D eigenvalue weighted by atomic mass is 10.0. The zero-order valence-electron chi connectivity index (χ0n) is 10.1. The molecule has 0 bridgehead atoms. The third kappa shape index (κ3) is 8.01. The summed E-state index contributed by atoms with van der Waals surface area (Å²) in [6, 6.07) is 0.499. The molecule has 0 spiro atoms. The van der Waals surface area contributed by atoms with E-state index in [0.717, 1.165) is 18.3 Å². The van der Waals surface area contributed by atoms with Crippen LogP contribution in [0, 0.1) is 11.8 Å². The maximum Gasteiger partial charge on any atom is 0.0473 e. The molecule has 13 heavy (non-hydrogen) atoms. The molecule has 0 aliphatic carbocycles. The molecule has 1 atom stereocenters. The summed E-state index contributed by atoms with van der Waals surface area (Å²) in [5.74, 6) is 1.49. The van der Waals surface area contributed by atoms with E-state index in [-0.39, 0.29) is 0 Å². The van der Waals surface area contributed by atoms with E-state index < -0.39 is 0 Å². The van der Waals surface area contributed by atoms with Crippen molar-refractivity contribution < 1.29 is 0 Å². The fourth-order valence-electron chi connectivity index (χ4n) is 1.75. The molecule has 1 heteroatoms. The first-order chi connectivity index (χ1) is 5.91. The molecule has 1 nitrogen and oxygen atoms in total. The van der Waals surface area contributed by atoms with Crippen molar-refractivity contribution >= 4 is 5.71 Å². The standard InChI is InChI=1S/C12H25N/c1-9(2)7-11(5)13-12(6)8-10(3)4/h9-11H,7-8H2,1-6H3/t11-/m0/s1. The average Bonchev–Trinajstić information content (AvgIpc) is 1.80. The van der Waals surface area contributed by atoms with Gasteiger partial charge in [0.05, 0.1) is 0 Å². The third-order valence-corrected chi connectivity index (χ3v) is 1.96. The summed E-state index contributed by atoms with van der Waals surface area (Å²) in [6.45, 7) is 13.4. The maximum absolute atomic E-state index is 4.67. The van der Waals surface area contributed by atoms with Gasteiger partial charge in [0.2, 0.25) is 0 Å². The Labute approximate surface area is 83.6 Å². The average molecular weight is 183 g/mol. The van der Waals surface area contributed by atoms with Gasteiger partial charge < -0.3 is 0 Å². The molecule has 0 saturated heterocycles. The van der Waals surface area contributed by atoms with Crippen molar-refractivity contribution in [2.75, 3.05) is 0 Å². The van der Waals surface area contributed by atoms with Crippen LogP contribution in [0.1, 0.15) is 54.4 Å². The molecule has 0 heterocycles. The third-order valence-electron chi connectivity index (χ3n) is 1.96. The fourth-order valence-corrected chi connectivity index (χ4v) is 1.75. The summed E-state index contributed by atoms with van der Waals surface area (Å²) in [5, 5.41) is 0. The van der Waals surface area contributed by atoms with E-state index in [0.29, 0.717) is 6.04 Å². The summed E-state index contributed by atoms with van der Waals surface area (Å²) in [5.41, 5.74) is 1.31. The van der Waals surface area contributed by atoms with Gasteiger partial charge in [-0.25, -0.2) is 0 Å². The summed E-state index contributed by atoms with van der Waals surface area (Å²) < 4.78 is 0. The predicted molar refractivity (Wildman–Crippen MR) is 61.5 cm³/mol. The molecule has 0 fully saturated rings. The number of rotatable bonds is 5. The Morgan fingerprint density at radius 2 is 1.54 bits per heavy atom. The van der Waals surface area contributed by atoms with Crippen LogP contribution >= 0.6 is 0 Å². The van der Waals surface area contributed by atoms with Crippen LogP contribution < -0.4 is 0 Å². The summed E-state index contributed by atoms with van der Waals surface area (Å²) in [6.07, 6.45) is 2.35. The molecule has 0 aromatic heterocycles. The lowest BCUT2D eigenvalue weighted by molar-refractivity contribution is 0.519. The molecular weight excluding hydrogens is 158 g/mol. The smallest absolute Gasteiger partial charge is 0.0473 e. The molecule has 78 valence electrons. The van der Waals surface area contributed by atoms with E-state index in [9.17, 15) is 0 Å². The van der Waals surface area contributed by atoms with E-state index in [1.165, 1.54) is 12.1 Å². The summed E-state index contributed by atoms with van der Waals surface area (Å²) in [7, 11) is 0. The second-order valence-electron chi connectivity index (χ2n) is 4.94. The molecular formula is C12H25N. The zero-order valence-corrected chi connectivity index (χ0v) is 10.1. The first-order valence-corrected chi connectivity index (χ1v) is 5.45. The van der Waals surface area contributed by atoms with E-state index in [4.69, 9.17) is 0 Å². The van der Waals surface area contributed by atoms with Crippen molar-refractivity contribution in [3.05, 3.63) is 0 Å². The van der Waals surface area contributed by atoms with E-state index >= 15 is 0 Å². The minimum absolute atomic E-state index is 0.499. The van der Waals surface area contributed by atoms with Crippen molar-refractivity contribution in [3.8, 4) is 0 Å². The largest absolute Gasteiger partial charge is 0.291 e. The first kappa shape index (κ1) is 12.7. The van der Waals surface area contributed by atoms with E-state index in [2.05, 4.69) is 46.5 Å². The van der Waals surface area contributed by atoms with Crippen LogP contribution in [-0.4, -0.2) is 11.8 Å². The van der Waals surface area contributed by atoms with Crippen LogP contribution in [0.3, 0.4) is 0 Å². The van der Waals surface area contributed by atoms with Gasteiger partial charge in [0, 0.05) is 11.8 Å². The van der Waals surface area contributed by atoms with Crippen LogP contribution in [0.25, 0.3) is 0 Å². The highest BCUT2D eigenvalue weighted by molar-refractivity contribution is 5.82. The van der Waals surface area contributed by atoms with Crippen molar-refractivity contribution in [3.63, 3.8) is 0 Å². The number of nitrogens with zero attached hydrogens (tertiary/aromatic N) is 1. The first-order valence-electron chi connectivity index (χ1n) is 5.45. The van der Waals surface area contributed by atoms with Gasteiger partial charge in [-0.15, -0.1) is 0 Å². The molecule has 0 amide bonds. The topological polar surface area (TPSA) is 12.4 Å². The molecule has 0 saturated carbocycles. The molecule has 0 radical (unpaired) electrons. The van der Waals surface area contributed by atoms with Gasteiger partial charge in [-0.2, -0.15) is 0 Å². The molecule has 0 aliphatic heterocycles. The Morgan fingerprint density at radius 3 is 1.92 bits per heavy atom. The van der Waals surface area contributed by atoms with Crippen molar-refractivity contribution in [2.45, 2.75) is 60.4 Å². The maximum atomic E-state index is 4.67. The minimum atomic E-state index is 0.499. The Balaban J connectivity index is 3.91. The zero-order chi connectivity index (χ0) is 10.4. The van der Waals surface area contributed by atoms with Gasteiger partial charge >= 0.3 is 0 Å². The van der Waals surface area contributed by atoms with Crippen molar-refractivity contribution in [1.82, 2.24) is 0 Å². The minimum Gasteiger partial charge on any atom is -0.291 e. The quantitative estimate of drug-likeness (QED) is 0.573. The van der Waals surface area contributed by atoms with Crippen LogP contribution in [0.2, 0.25) is 0 Å². The predicted octanol–water partition coefficient (Wildman–Crippen LogP) is 3.93.